The Kier molecular flexibility index (Phi) is 320. The molecule has 0 radical (unpaired) electrons. The molecule has 3 nitrogen and oxygen atoms in total. The fourth-order valence-corrected chi connectivity index (χ4v) is 0. The van der Waals surface area contributed by atoms with Gasteiger partial charge in [-0.25, -0.2) is 0 Å². The molecule has 0 saturated heterocycles. The molecule has 0 heterocycles. The van der Waals surface area contributed by atoms with E-state index in [4.69, 9.17) is 3.90 Å². The third-order valence-corrected chi connectivity index (χ3v) is 0. The molecule has 0 aromatic heterocycles. The topological polar surface area (TPSA) is 80.1 Å². The van der Waals surface area contributed by atoms with E-state index in [1.54, 1.807) is 0 Å². The Morgan fingerprint density at radius 2 is 1.00 bits per heavy atom. The molecule has 5 heteroatoms. The predicted octanol–water partition coefficient (Wildman–Crippen LogP) is -2.69. The van der Waals surface area contributed by atoms with Crippen molar-refractivity contribution in [2.45, 2.75) is 0 Å². The molecular weight excluding hydrogens is 147 g/mol. The molecule has 0 atom stereocenters. The first kappa shape index (κ1) is 31.7. The summed E-state index contributed by atoms with van der Waals surface area (Å²) in [6.07, 6.45) is 0. The standard InChI is InChI=1S/Ca.Ni.2H2O.O.2H/h;;2*1H2;;;. The fraction of sp³-hybridized carbons (Fsp3) is 0. The Bertz CT molecular complexity index is 6.85. The van der Waals surface area contributed by atoms with Crippen LogP contribution in [0.2, 0.25) is 0 Å². The molecule has 0 spiro atoms. The average molecular weight is 153 g/mol. The zero-order chi connectivity index (χ0) is 2.00. The van der Waals surface area contributed by atoms with Crippen LogP contribution in [-0.2, 0) is 19.3 Å². The predicted molar refractivity (Wildman–Crippen MR) is 16.5 cm³/mol. The maximum absolute atomic E-state index is 7.88. The van der Waals surface area contributed by atoms with E-state index in [1.165, 1.54) is 0 Å². The van der Waals surface area contributed by atoms with Crippen LogP contribution in [0.5, 0.6) is 0 Å². The van der Waals surface area contributed by atoms with Gasteiger partial charge >= 0.3 is 57.0 Å². The zero-order valence-corrected chi connectivity index (χ0v) is 2.71. The van der Waals surface area contributed by atoms with E-state index < -0.39 is 0 Å². The third-order valence-electron chi connectivity index (χ3n) is 0. The van der Waals surface area contributed by atoms with E-state index in [9.17, 15) is 0 Å². The van der Waals surface area contributed by atoms with Gasteiger partial charge in [0.15, 0.2) is 0 Å². The molecule has 4 N–H and O–H groups in total. The molecule has 0 aliphatic carbocycles. The van der Waals surface area contributed by atoms with Gasteiger partial charge < -0.3 is 11.0 Å². The molecule has 0 amide bonds. The van der Waals surface area contributed by atoms with Crippen LogP contribution in [0.25, 0.3) is 0 Å². The van der Waals surface area contributed by atoms with Crippen LogP contribution in [-0.4, -0.2) is 48.7 Å². The molecule has 5 heavy (non-hydrogen) atoms. The van der Waals surface area contributed by atoms with Crippen molar-refractivity contribution in [3.05, 3.63) is 0 Å². The van der Waals surface area contributed by atoms with Crippen LogP contribution >= 0.6 is 0 Å². The molecule has 0 aliphatic rings. The minimum atomic E-state index is 0. The van der Waals surface area contributed by atoms with Crippen LogP contribution in [0.1, 0.15) is 0 Å². The van der Waals surface area contributed by atoms with E-state index in [0.717, 1.165) is 0 Å². The first-order chi connectivity index (χ1) is 1.00. The van der Waals surface area contributed by atoms with E-state index in [2.05, 4.69) is 15.4 Å². The second-order valence-corrected chi connectivity index (χ2v) is 0. The van der Waals surface area contributed by atoms with Crippen molar-refractivity contribution in [1.82, 2.24) is 0 Å². The van der Waals surface area contributed by atoms with Crippen LogP contribution < -0.4 is 0 Å². The van der Waals surface area contributed by atoms with E-state index in [-0.39, 0.29) is 48.7 Å². The van der Waals surface area contributed by atoms with Gasteiger partial charge in [-0.1, -0.05) is 0 Å². The van der Waals surface area contributed by atoms with Crippen LogP contribution in [0.15, 0.2) is 0 Å². The van der Waals surface area contributed by atoms with Crippen molar-refractivity contribution in [3.63, 3.8) is 0 Å². The molecule has 0 unspecified atom stereocenters. The molecule has 0 saturated carbocycles. The summed E-state index contributed by atoms with van der Waals surface area (Å²) in [5.74, 6) is 0. The quantitative estimate of drug-likeness (QED) is 0.349. The Morgan fingerprint density at radius 1 is 1.00 bits per heavy atom. The molecule has 0 rings (SSSR count). The van der Waals surface area contributed by atoms with Crippen molar-refractivity contribution < 1.29 is 30.2 Å². The summed E-state index contributed by atoms with van der Waals surface area (Å²) in [6.45, 7) is 0. The van der Waals surface area contributed by atoms with E-state index in [1.807, 2.05) is 0 Å². The van der Waals surface area contributed by atoms with Gasteiger partial charge in [-0.05, 0) is 0 Å². The van der Waals surface area contributed by atoms with Gasteiger partial charge in [-0.3, -0.25) is 0 Å². The van der Waals surface area contributed by atoms with Gasteiger partial charge in [0, 0.05) is 0 Å². The Labute approximate surface area is 67.3 Å². The van der Waals surface area contributed by atoms with Crippen LogP contribution in [0.3, 0.4) is 0 Å². The Hall–Kier alpha value is 1.47. The molecule has 0 bridgehead atoms. The first-order valence-corrected chi connectivity index (χ1v) is 0.532. The summed E-state index contributed by atoms with van der Waals surface area (Å²) in [5.41, 5.74) is 0. The first-order valence-electron chi connectivity index (χ1n) is 0.129. The SMILES string of the molecule is O.O.[CaH2].[O]=[Ni]. The molecular formula is H6CaNiO3. The summed E-state index contributed by atoms with van der Waals surface area (Å²) < 4.78 is 7.88. The third kappa shape index (κ3) is 30.4. The van der Waals surface area contributed by atoms with Gasteiger partial charge in [-0.15, -0.1) is 0 Å². The van der Waals surface area contributed by atoms with Crippen LogP contribution in [0, 0.1) is 0 Å². The minimum absolute atomic E-state index is 0. The second-order valence-electron chi connectivity index (χ2n) is 0. The molecule has 0 fully saturated rings. The number of hydrogen-bond donors (Lipinski definition) is 0. The molecule has 0 aromatic carbocycles. The fourth-order valence-electron chi connectivity index (χ4n) is 0. The molecule has 0 aliphatic heterocycles. The molecule has 36 valence electrons. The van der Waals surface area contributed by atoms with Gasteiger partial charge in [0.1, 0.15) is 0 Å². The Morgan fingerprint density at radius 3 is 1.00 bits per heavy atom. The van der Waals surface area contributed by atoms with Crippen molar-refractivity contribution in [2.24, 2.45) is 0 Å². The van der Waals surface area contributed by atoms with Gasteiger partial charge in [0.25, 0.3) is 0 Å². The second kappa shape index (κ2) is 50.5. The van der Waals surface area contributed by atoms with Crippen molar-refractivity contribution >= 4 is 37.7 Å². The van der Waals surface area contributed by atoms with Gasteiger partial charge in [-0.2, -0.15) is 0 Å². The maximum atomic E-state index is 7.88. The summed E-state index contributed by atoms with van der Waals surface area (Å²) in [5, 5.41) is 0. The number of rotatable bonds is 0. The van der Waals surface area contributed by atoms with Gasteiger partial charge in [0.05, 0.1) is 0 Å². The van der Waals surface area contributed by atoms with E-state index >= 15 is 0 Å². The molecule has 0 aromatic rings. The van der Waals surface area contributed by atoms with Gasteiger partial charge in [0.2, 0.25) is 0 Å². The van der Waals surface area contributed by atoms with Crippen molar-refractivity contribution in [1.29, 1.82) is 0 Å². The summed E-state index contributed by atoms with van der Waals surface area (Å²) in [6, 6.07) is 0. The summed E-state index contributed by atoms with van der Waals surface area (Å²) in [7, 11) is 0. The number of hydrogen-bond acceptors (Lipinski definition) is 1. The van der Waals surface area contributed by atoms with Crippen molar-refractivity contribution in [2.75, 3.05) is 0 Å². The summed E-state index contributed by atoms with van der Waals surface area (Å²) >= 11 is 2.62. The van der Waals surface area contributed by atoms with Crippen molar-refractivity contribution in [3.8, 4) is 0 Å². The summed E-state index contributed by atoms with van der Waals surface area (Å²) in [4.78, 5) is 0. The Balaban J connectivity index is -0.00000000167. The zero-order valence-electron chi connectivity index (χ0n) is 1.72. The monoisotopic (exact) mass is 152 g/mol. The average Bonchev–Trinajstić information content (AvgIpc) is 1.00. The van der Waals surface area contributed by atoms with E-state index in [0.29, 0.717) is 0 Å². The normalized spacial score (nSPS) is 1.20. The van der Waals surface area contributed by atoms with Crippen LogP contribution in [0.4, 0.5) is 0 Å².